The number of aryl methyl sites for hydroxylation is 1. The second-order valence-electron chi connectivity index (χ2n) is 4.30. The van der Waals surface area contributed by atoms with Gasteiger partial charge in [-0.1, -0.05) is 13.3 Å². The van der Waals surface area contributed by atoms with Gasteiger partial charge in [-0.25, -0.2) is 4.98 Å². The first kappa shape index (κ1) is 14.0. The Balaban J connectivity index is 2.77. The number of pyridine rings is 1. The summed E-state index contributed by atoms with van der Waals surface area (Å²) >= 11 is 5.07. The van der Waals surface area contributed by atoms with Crippen LogP contribution in [0.25, 0.3) is 10.4 Å². The first-order valence-corrected chi connectivity index (χ1v) is 7.69. The van der Waals surface area contributed by atoms with E-state index in [4.69, 9.17) is 5.73 Å². The summed E-state index contributed by atoms with van der Waals surface area (Å²) < 4.78 is 1.02. The minimum atomic E-state index is 0.319. The van der Waals surface area contributed by atoms with Gasteiger partial charge in [0.2, 0.25) is 0 Å². The van der Waals surface area contributed by atoms with Crippen molar-refractivity contribution >= 4 is 33.1 Å². The van der Waals surface area contributed by atoms with Crippen molar-refractivity contribution in [1.82, 2.24) is 4.98 Å². The van der Waals surface area contributed by atoms with Crippen molar-refractivity contribution in [2.75, 3.05) is 5.73 Å². The van der Waals surface area contributed by atoms with Crippen LogP contribution in [0.3, 0.4) is 0 Å². The molecule has 0 spiro atoms. The molecule has 2 aromatic heterocycles. The normalized spacial score (nSPS) is 10.4. The van der Waals surface area contributed by atoms with Crippen LogP contribution < -0.4 is 5.73 Å². The van der Waals surface area contributed by atoms with Gasteiger partial charge in [0.15, 0.2) is 0 Å². The van der Waals surface area contributed by atoms with E-state index < -0.39 is 0 Å². The Labute approximate surface area is 125 Å². The molecule has 0 aliphatic carbocycles. The molecule has 0 unspecified atom stereocenters. The number of aromatic nitrogens is 1. The number of nitrogen functional groups attached to an aromatic ring is 1. The van der Waals surface area contributed by atoms with E-state index in [1.165, 1.54) is 0 Å². The molecule has 0 fully saturated rings. The zero-order valence-electron chi connectivity index (χ0n) is 10.8. The summed E-state index contributed by atoms with van der Waals surface area (Å²) in [6, 6.07) is 4.23. The van der Waals surface area contributed by atoms with E-state index in [1.54, 1.807) is 11.3 Å². The van der Waals surface area contributed by atoms with E-state index >= 15 is 0 Å². The quantitative estimate of drug-likeness (QED) is 0.909. The van der Waals surface area contributed by atoms with E-state index in [9.17, 15) is 5.26 Å². The van der Waals surface area contributed by atoms with Crippen LogP contribution in [-0.2, 0) is 6.42 Å². The van der Waals surface area contributed by atoms with Crippen LogP contribution in [0, 0.1) is 18.3 Å². The van der Waals surface area contributed by atoms with Gasteiger partial charge in [0.25, 0.3) is 0 Å². The van der Waals surface area contributed by atoms with E-state index in [2.05, 4.69) is 33.9 Å². The Kier molecular flexibility index (Phi) is 4.23. The van der Waals surface area contributed by atoms with Crippen LogP contribution in [0.5, 0.6) is 0 Å². The number of nitrogens with zero attached hydrogens (tertiary/aromatic N) is 2. The van der Waals surface area contributed by atoms with Gasteiger partial charge in [0.1, 0.15) is 17.5 Å². The molecule has 0 aromatic carbocycles. The third-order valence-electron chi connectivity index (χ3n) is 2.96. The highest BCUT2D eigenvalue weighted by atomic mass is 79.9. The minimum absolute atomic E-state index is 0.319. The van der Waals surface area contributed by atoms with Crippen LogP contribution in [0.15, 0.2) is 15.9 Å². The molecular formula is C14H14BrN3S. The maximum Gasteiger partial charge on any atom is 0.142 e. The zero-order valence-corrected chi connectivity index (χ0v) is 13.2. The number of halogens is 1. The van der Waals surface area contributed by atoms with Gasteiger partial charge < -0.3 is 5.73 Å². The monoisotopic (exact) mass is 335 g/mol. The van der Waals surface area contributed by atoms with Crippen LogP contribution >= 0.6 is 27.3 Å². The zero-order chi connectivity index (χ0) is 14.0. The summed E-state index contributed by atoms with van der Waals surface area (Å²) in [5.74, 6) is 0.319. The molecule has 2 N–H and O–H groups in total. The fourth-order valence-electron chi connectivity index (χ4n) is 2.15. The topological polar surface area (TPSA) is 62.7 Å². The molecule has 2 heterocycles. The van der Waals surface area contributed by atoms with Crippen LogP contribution in [0.4, 0.5) is 5.82 Å². The van der Waals surface area contributed by atoms with E-state index in [0.717, 1.165) is 39.0 Å². The molecule has 2 rings (SSSR count). The lowest BCUT2D eigenvalue weighted by atomic mass is 9.96. The largest absolute Gasteiger partial charge is 0.383 e. The molecule has 3 nitrogen and oxygen atoms in total. The van der Waals surface area contributed by atoms with Crippen molar-refractivity contribution < 1.29 is 0 Å². The molecule has 0 aliphatic rings. The van der Waals surface area contributed by atoms with E-state index in [0.29, 0.717) is 11.4 Å². The van der Waals surface area contributed by atoms with Crippen molar-refractivity contribution in [2.45, 2.75) is 26.7 Å². The van der Waals surface area contributed by atoms with Gasteiger partial charge in [0.05, 0.1) is 0 Å². The predicted molar refractivity (Wildman–Crippen MR) is 83.1 cm³/mol. The molecular weight excluding hydrogens is 322 g/mol. The average Bonchev–Trinajstić information content (AvgIpc) is 2.78. The van der Waals surface area contributed by atoms with E-state index in [-0.39, 0.29) is 0 Å². The summed E-state index contributed by atoms with van der Waals surface area (Å²) in [5.41, 5.74) is 9.38. The number of anilines is 1. The molecule has 2 aromatic rings. The lowest BCUT2D eigenvalue weighted by Gasteiger charge is -2.13. The Morgan fingerprint density at radius 3 is 2.79 bits per heavy atom. The van der Waals surface area contributed by atoms with Crippen LogP contribution in [0.2, 0.25) is 0 Å². The molecule has 0 bridgehead atoms. The maximum absolute atomic E-state index is 9.37. The minimum Gasteiger partial charge on any atom is -0.383 e. The number of hydrogen-bond acceptors (Lipinski definition) is 4. The molecule has 0 atom stereocenters. The van der Waals surface area contributed by atoms with Crippen molar-refractivity contribution in [1.29, 1.82) is 5.26 Å². The first-order chi connectivity index (χ1) is 9.08. The number of nitrogens with two attached hydrogens (primary N) is 1. The lowest BCUT2D eigenvalue weighted by Crippen LogP contribution is -2.05. The number of nitriles is 1. The van der Waals surface area contributed by atoms with Crippen molar-refractivity contribution in [3.05, 3.63) is 32.7 Å². The third kappa shape index (κ3) is 2.65. The summed E-state index contributed by atoms with van der Waals surface area (Å²) in [7, 11) is 0. The highest BCUT2D eigenvalue weighted by Gasteiger charge is 2.18. The fraction of sp³-hybridized carbons (Fsp3) is 0.286. The summed E-state index contributed by atoms with van der Waals surface area (Å²) in [6.07, 6.45) is 1.91. The summed E-state index contributed by atoms with van der Waals surface area (Å²) in [6.45, 7) is 4.07. The Bertz CT molecular complexity index is 655. The van der Waals surface area contributed by atoms with Crippen LogP contribution in [-0.4, -0.2) is 4.98 Å². The molecule has 0 aliphatic heterocycles. The molecule has 5 heteroatoms. The van der Waals surface area contributed by atoms with Gasteiger partial charge in [-0.15, -0.1) is 11.3 Å². The molecule has 0 amide bonds. The molecule has 98 valence electrons. The summed E-state index contributed by atoms with van der Waals surface area (Å²) in [5, 5.41) is 11.4. The second kappa shape index (κ2) is 5.72. The van der Waals surface area contributed by atoms with E-state index in [1.807, 2.05) is 18.4 Å². The fourth-order valence-corrected chi connectivity index (χ4v) is 3.66. The van der Waals surface area contributed by atoms with Gasteiger partial charge in [-0.3, -0.25) is 0 Å². The highest BCUT2D eigenvalue weighted by Crippen LogP contribution is 2.37. The van der Waals surface area contributed by atoms with Gasteiger partial charge in [-0.2, -0.15) is 5.26 Å². The first-order valence-electron chi connectivity index (χ1n) is 6.01. The van der Waals surface area contributed by atoms with Gasteiger partial charge in [0, 0.05) is 26.0 Å². The Morgan fingerprint density at radius 1 is 1.53 bits per heavy atom. The maximum atomic E-state index is 9.37. The van der Waals surface area contributed by atoms with Gasteiger partial charge in [-0.05, 0) is 40.9 Å². The predicted octanol–water partition coefficient (Wildman–Crippen LogP) is 4.29. The van der Waals surface area contributed by atoms with Gasteiger partial charge >= 0.3 is 0 Å². The van der Waals surface area contributed by atoms with Crippen molar-refractivity contribution in [2.24, 2.45) is 0 Å². The third-order valence-corrected chi connectivity index (χ3v) is 4.67. The SMILES string of the molecule is CCCc1c(C)nc(N)c(C#N)c1-c1cc(Br)cs1. The summed E-state index contributed by atoms with van der Waals surface area (Å²) in [4.78, 5) is 5.36. The highest BCUT2D eigenvalue weighted by molar-refractivity contribution is 9.10. The molecule has 19 heavy (non-hydrogen) atoms. The molecule has 0 radical (unpaired) electrons. The van der Waals surface area contributed by atoms with Crippen molar-refractivity contribution in [3.8, 4) is 16.5 Å². The molecule has 0 saturated heterocycles. The standard InChI is InChI=1S/C14H14BrN3S/c1-3-4-10-8(2)18-14(17)11(6-16)13(10)12-5-9(15)7-19-12/h5,7H,3-4H2,1-2H3,(H2,17,18). The van der Waals surface area contributed by atoms with Crippen molar-refractivity contribution in [3.63, 3.8) is 0 Å². The lowest BCUT2D eigenvalue weighted by molar-refractivity contribution is 0.901. The second-order valence-corrected chi connectivity index (χ2v) is 6.13. The number of rotatable bonds is 3. The number of thiophene rings is 1. The Hall–Kier alpha value is -1.38. The van der Waals surface area contributed by atoms with Crippen LogP contribution in [0.1, 0.15) is 30.2 Å². The Morgan fingerprint density at radius 2 is 2.26 bits per heavy atom. The smallest absolute Gasteiger partial charge is 0.142 e. The average molecular weight is 336 g/mol. The molecule has 0 saturated carbocycles. The number of hydrogen-bond donors (Lipinski definition) is 1.